The highest BCUT2D eigenvalue weighted by Gasteiger charge is 2.23. The van der Waals surface area contributed by atoms with E-state index in [9.17, 15) is 4.79 Å². The molecule has 1 aromatic carbocycles. The largest absolute Gasteiger partial charge is 0.381 e. The SMILES string of the molecule is COC1CCN(C(=O)Cn2nnc3ccccc32)CC1. The first-order chi connectivity index (χ1) is 9.78. The van der Waals surface area contributed by atoms with Crippen LogP contribution in [0.4, 0.5) is 0 Å². The van der Waals surface area contributed by atoms with Crippen molar-refractivity contribution in [1.29, 1.82) is 0 Å². The van der Waals surface area contributed by atoms with Crippen molar-refractivity contribution in [2.24, 2.45) is 0 Å². The molecule has 20 heavy (non-hydrogen) atoms. The summed E-state index contributed by atoms with van der Waals surface area (Å²) in [6.07, 6.45) is 2.09. The topological polar surface area (TPSA) is 60.2 Å². The lowest BCUT2D eigenvalue weighted by Gasteiger charge is -2.31. The monoisotopic (exact) mass is 274 g/mol. The lowest BCUT2D eigenvalue weighted by Crippen LogP contribution is -2.42. The molecule has 106 valence electrons. The maximum atomic E-state index is 12.3. The van der Waals surface area contributed by atoms with Crippen LogP contribution in [0.1, 0.15) is 12.8 Å². The van der Waals surface area contributed by atoms with Crippen LogP contribution in [0.2, 0.25) is 0 Å². The Balaban J connectivity index is 1.67. The van der Waals surface area contributed by atoms with Gasteiger partial charge in [-0.2, -0.15) is 0 Å². The van der Waals surface area contributed by atoms with Gasteiger partial charge in [0.2, 0.25) is 5.91 Å². The minimum Gasteiger partial charge on any atom is -0.381 e. The van der Waals surface area contributed by atoms with E-state index >= 15 is 0 Å². The van der Waals surface area contributed by atoms with Gasteiger partial charge in [-0.15, -0.1) is 5.10 Å². The lowest BCUT2D eigenvalue weighted by atomic mass is 10.1. The highest BCUT2D eigenvalue weighted by Crippen LogP contribution is 2.14. The summed E-state index contributed by atoms with van der Waals surface area (Å²) in [4.78, 5) is 14.2. The molecule has 3 rings (SSSR count). The molecule has 0 bridgehead atoms. The molecule has 0 saturated carbocycles. The van der Waals surface area contributed by atoms with Crippen molar-refractivity contribution in [1.82, 2.24) is 19.9 Å². The molecule has 0 radical (unpaired) electrons. The fraction of sp³-hybridized carbons (Fsp3) is 0.500. The zero-order chi connectivity index (χ0) is 13.9. The van der Waals surface area contributed by atoms with Crippen LogP contribution in [0.25, 0.3) is 11.0 Å². The number of amides is 1. The molecule has 0 atom stereocenters. The number of ether oxygens (including phenoxy) is 1. The van der Waals surface area contributed by atoms with E-state index < -0.39 is 0 Å². The summed E-state index contributed by atoms with van der Waals surface area (Å²) in [6, 6.07) is 7.67. The molecular formula is C14H18N4O2. The van der Waals surface area contributed by atoms with Crippen LogP contribution < -0.4 is 0 Å². The average Bonchev–Trinajstić information content (AvgIpc) is 2.91. The van der Waals surface area contributed by atoms with Gasteiger partial charge in [-0.3, -0.25) is 4.79 Å². The molecule has 1 aliphatic heterocycles. The Morgan fingerprint density at radius 3 is 2.85 bits per heavy atom. The second-order valence-corrected chi connectivity index (χ2v) is 5.05. The number of carbonyl (C=O) groups excluding carboxylic acids is 1. The fourth-order valence-corrected chi connectivity index (χ4v) is 2.60. The molecule has 1 amide bonds. The summed E-state index contributed by atoms with van der Waals surface area (Å²) in [5, 5.41) is 8.12. The lowest BCUT2D eigenvalue weighted by molar-refractivity contribution is -0.134. The second kappa shape index (κ2) is 5.58. The number of likely N-dealkylation sites (tertiary alicyclic amines) is 1. The Morgan fingerprint density at radius 1 is 1.35 bits per heavy atom. The fourth-order valence-electron chi connectivity index (χ4n) is 2.60. The van der Waals surface area contributed by atoms with Gasteiger partial charge < -0.3 is 9.64 Å². The predicted molar refractivity (Wildman–Crippen MR) is 74.1 cm³/mol. The van der Waals surface area contributed by atoms with Crippen molar-refractivity contribution >= 4 is 16.9 Å². The number of nitrogens with zero attached hydrogens (tertiary/aromatic N) is 4. The zero-order valence-electron chi connectivity index (χ0n) is 11.5. The van der Waals surface area contributed by atoms with E-state index in [4.69, 9.17) is 4.74 Å². The first kappa shape index (κ1) is 13.1. The van der Waals surface area contributed by atoms with Crippen LogP contribution >= 0.6 is 0 Å². The molecule has 6 heteroatoms. The van der Waals surface area contributed by atoms with Gasteiger partial charge in [-0.05, 0) is 25.0 Å². The minimum absolute atomic E-state index is 0.0928. The van der Waals surface area contributed by atoms with Crippen molar-refractivity contribution in [3.05, 3.63) is 24.3 Å². The van der Waals surface area contributed by atoms with E-state index in [0.29, 0.717) is 0 Å². The van der Waals surface area contributed by atoms with Crippen LogP contribution in [-0.4, -0.2) is 52.1 Å². The standard InChI is InChI=1S/C14H18N4O2/c1-20-11-6-8-17(9-7-11)14(19)10-18-13-5-3-2-4-12(13)15-16-18/h2-5,11H,6-10H2,1H3. The number of hydrogen-bond acceptors (Lipinski definition) is 4. The zero-order valence-corrected chi connectivity index (χ0v) is 11.5. The molecule has 6 nitrogen and oxygen atoms in total. The molecule has 1 saturated heterocycles. The predicted octanol–water partition coefficient (Wildman–Crippen LogP) is 1.07. The molecular weight excluding hydrogens is 256 g/mol. The van der Waals surface area contributed by atoms with E-state index in [0.717, 1.165) is 37.0 Å². The van der Waals surface area contributed by atoms with Gasteiger partial charge in [0.05, 0.1) is 11.6 Å². The second-order valence-electron chi connectivity index (χ2n) is 5.05. The highest BCUT2D eigenvalue weighted by atomic mass is 16.5. The Hall–Kier alpha value is -1.95. The van der Waals surface area contributed by atoms with Gasteiger partial charge in [-0.1, -0.05) is 17.3 Å². The first-order valence-electron chi connectivity index (χ1n) is 6.86. The van der Waals surface area contributed by atoms with Crippen LogP contribution in [0, 0.1) is 0 Å². The summed E-state index contributed by atoms with van der Waals surface area (Å²) < 4.78 is 6.98. The average molecular weight is 274 g/mol. The Morgan fingerprint density at radius 2 is 2.10 bits per heavy atom. The van der Waals surface area contributed by atoms with Gasteiger partial charge >= 0.3 is 0 Å². The highest BCUT2D eigenvalue weighted by molar-refractivity contribution is 5.79. The maximum Gasteiger partial charge on any atom is 0.244 e. The summed E-state index contributed by atoms with van der Waals surface area (Å²) in [7, 11) is 1.73. The van der Waals surface area contributed by atoms with Crippen molar-refractivity contribution in [2.45, 2.75) is 25.5 Å². The third-order valence-electron chi connectivity index (χ3n) is 3.83. The Bertz CT molecular complexity index is 602. The van der Waals surface area contributed by atoms with Crippen LogP contribution in [-0.2, 0) is 16.1 Å². The minimum atomic E-state index is 0.0928. The number of benzene rings is 1. The van der Waals surface area contributed by atoms with Gasteiger partial charge in [0.1, 0.15) is 12.1 Å². The van der Waals surface area contributed by atoms with E-state index in [1.807, 2.05) is 29.2 Å². The Kier molecular flexibility index (Phi) is 3.64. The van der Waals surface area contributed by atoms with E-state index in [2.05, 4.69) is 10.3 Å². The van der Waals surface area contributed by atoms with Crippen LogP contribution in [0.15, 0.2) is 24.3 Å². The van der Waals surface area contributed by atoms with Crippen molar-refractivity contribution in [3.63, 3.8) is 0 Å². The number of hydrogen-bond donors (Lipinski definition) is 0. The molecule has 1 aliphatic rings. The molecule has 1 aromatic heterocycles. The number of para-hydroxylation sites is 1. The summed E-state index contributed by atoms with van der Waals surface area (Å²) >= 11 is 0. The molecule has 1 fully saturated rings. The summed E-state index contributed by atoms with van der Waals surface area (Å²) in [5.74, 6) is 0.0928. The van der Waals surface area contributed by atoms with E-state index in [1.165, 1.54) is 0 Å². The molecule has 0 N–H and O–H groups in total. The number of piperidine rings is 1. The van der Waals surface area contributed by atoms with Crippen molar-refractivity contribution in [2.75, 3.05) is 20.2 Å². The van der Waals surface area contributed by atoms with Crippen molar-refractivity contribution in [3.8, 4) is 0 Å². The van der Waals surface area contributed by atoms with Gasteiger partial charge in [0, 0.05) is 20.2 Å². The normalized spacial score (nSPS) is 16.8. The molecule has 2 aromatic rings. The van der Waals surface area contributed by atoms with E-state index in [1.54, 1.807) is 11.8 Å². The van der Waals surface area contributed by atoms with Crippen LogP contribution in [0.3, 0.4) is 0 Å². The Labute approximate surface area is 117 Å². The molecule has 0 aliphatic carbocycles. The van der Waals surface area contributed by atoms with Crippen LogP contribution in [0.5, 0.6) is 0 Å². The number of rotatable bonds is 3. The quantitative estimate of drug-likeness (QED) is 0.840. The summed E-state index contributed by atoms with van der Waals surface area (Å²) in [6.45, 7) is 1.76. The van der Waals surface area contributed by atoms with Gasteiger partial charge in [0.15, 0.2) is 0 Å². The number of aromatic nitrogens is 3. The molecule has 2 heterocycles. The van der Waals surface area contributed by atoms with E-state index in [-0.39, 0.29) is 18.6 Å². The number of fused-ring (bicyclic) bond motifs is 1. The molecule has 0 spiro atoms. The summed E-state index contributed by atoms with van der Waals surface area (Å²) in [5.41, 5.74) is 1.71. The maximum absolute atomic E-state index is 12.3. The first-order valence-corrected chi connectivity index (χ1v) is 6.86. The number of carbonyl (C=O) groups is 1. The number of methoxy groups -OCH3 is 1. The molecule has 0 unspecified atom stereocenters. The van der Waals surface area contributed by atoms with Crippen molar-refractivity contribution < 1.29 is 9.53 Å². The van der Waals surface area contributed by atoms with Gasteiger partial charge in [-0.25, -0.2) is 4.68 Å². The van der Waals surface area contributed by atoms with Gasteiger partial charge in [0.25, 0.3) is 0 Å². The smallest absolute Gasteiger partial charge is 0.244 e. The third kappa shape index (κ3) is 2.51. The third-order valence-corrected chi connectivity index (χ3v) is 3.83.